The zero-order chi connectivity index (χ0) is 19.8. The second-order valence-electron chi connectivity index (χ2n) is 6.94. The molecule has 0 radical (unpaired) electrons. The van der Waals surface area contributed by atoms with Crippen molar-refractivity contribution in [3.05, 3.63) is 72.0 Å². The average Bonchev–Trinajstić information content (AvgIpc) is 3.49. The highest BCUT2D eigenvalue weighted by Crippen LogP contribution is 2.31. The van der Waals surface area contributed by atoms with Gasteiger partial charge in [-0.1, -0.05) is 23.3 Å². The van der Waals surface area contributed by atoms with Crippen molar-refractivity contribution in [2.75, 3.05) is 23.8 Å². The van der Waals surface area contributed by atoms with E-state index in [-0.39, 0.29) is 17.8 Å². The second-order valence-corrected chi connectivity index (χ2v) is 6.94. The van der Waals surface area contributed by atoms with Crippen LogP contribution in [-0.2, 0) is 6.42 Å². The average molecular weight is 386 g/mol. The predicted octanol–water partition coefficient (Wildman–Crippen LogP) is 4.24. The molecule has 7 nitrogen and oxygen atoms in total. The van der Waals surface area contributed by atoms with Crippen LogP contribution in [0.5, 0.6) is 0 Å². The number of nitrogens with zero attached hydrogens (tertiary/aromatic N) is 3. The fourth-order valence-electron chi connectivity index (χ4n) is 3.53. The van der Waals surface area contributed by atoms with Crippen molar-refractivity contribution in [1.29, 1.82) is 0 Å². The van der Waals surface area contributed by atoms with Gasteiger partial charge in [-0.25, -0.2) is 0 Å². The Morgan fingerprint density at radius 2 is 1.97 bits per heavy atom. The molecule has 29 heavy (non-hydrogen) atoms. The topological polar surface area (TPSA) is 84.4 Å². The SMILES string of the molecule is CN1CCc2cc(-c3cccc(C(=O)Nc4nnc(-c5ccco5)o4)c3)ccc21. The molecule has 2 aromatic carbocycles. The van der Waals surface area contributed by atoms with E-state index in [4.69, 9.17) is 8.83 Å². The van der Waals surface area contributed by atoms with E-state index in [9.17, 15) is 4.79 Å². The molecule has 4 aromatic rings. The predicted molar refractivity (Wildman–Crippen MR) is 109 cm³/mol. The van der Waals surface area contributed by atoms with Gasteiger partial charge in [0.1, 0.15) is 0 Å². The van der Waals surface area contributed by atoms with Gasteiger partial charge in [0.25, 0.3) is 11.8 Å². The van der Waals surface area contributed by atoms with Crippen LogP contribution >= 0.6 is 0 Å². The van der Waals surface area contributed by atoms with E-state index < -0.39 is 0 Å². The number of benzene rings is 2. The smallest absolute Gasteiger partial charge is 0.322 e. The Morgan fingerprint density at radius 1 is 1.07 bits per heavy atom. The third kappa shape index (κ3) is 3.27. The van der Waals surface area contributed by atoms with Crippen molar-refractivity contribution in [3.8, 4) is 22.8 Å². The van der Waals surface area contributed by atoms with E-state index in [1.807, 2.05) is 18.2 Å². The molecule has 1 N–H and O–H groups in total. The molecule has 144 valence electrons. The van der Waals surface area contributed by atoms with E-state index in [2.05, 4.69) is 45.7 Å². The van der Waals surface area contributed by atoms with Crippen LogP contribution in [0, 0.1) is 0 Å². The number of carbonyl (C=O) groups is 1. The number of fused-ring (bicyclic) bond motifs is 1. The summed E-state index contributed by atoms with van der Waals surface area (Å²) in [6.45, 7) is 1.03. The first-order valence-corrected chi connectivity index (χ1v) is 9.30. The van der Waals surface area contributed by atoms with Crippen molar-refractivity contribution in [3.63, 3.8) is 0 Å². The number of likely N-dealkylation sites (N-methyl/N-ethyl adjacent to an activating group) is 1. The molecule has 0 aliphatic carbocycles. The Balaban J connectivity index is 1.36. The maximum absolute atomic E-state index is 12.7. The standard InChI is InChI=1S/C22H18N4O3/c1-26-10-9-16-12-15(7-8-18(16)26)14-4-2-5-17(13-14)20(27)23-22-25-24-21(29-22)19-6-3-11-28-19/h2-8,11-13H,9-10H2,1H3,(H,23,25,27). The Kier molecular flexibility index (Phi) is 4.13. The van der Waals surface area contributed by atoms with Crippen molar-refractivity contribution in [2.45, 2.75) is 6.42 Å². The van der Waals surface area contributed by atoms with Crippen LogP contribution in [-0.4, -0.2) is 29.7 Å². The summed E-state index contributed by atoms with van der Waals surface area (Å²) in [6.07, 6.45) is 2.55. The maximum atomic E-state index is 12.7. The molecule has 0 bridgehead atoms. The minimum atomic E-state index is -0.317. The fourth-order valence-corrected chi connectivity index (χ4v) is 3.53. The molecule has 0 unspecified atom stereocenters. The molecular weight excluding hydrogens is 368 g/mol. The van der Waals surface area contributed by atoms with Gasteiger partial charge in [0.15, 0.2) is 5.76 Å². The van der Waals surface area contributed by atoms with E-state index >= 15 is 0 Å². The molecule has 1 aliphatic rings. The normalized spacial score (nSPS) is 12.8. The molecule has 3 heterocycles. The van der Waals surface area contributed by atoms with E-state index in [1.54, 1.807) is 18.2 Å². The molecule has 0 fully saturated rings. The highest BCUT2D eigenvalue weighted by molar-refractivity contribution is 6.03. The molecule has 0 saturated heterocycles. The zero-order valence-corrected chi connectivity index (χ0v) is 15.8. The zero-order valence-electron chi connectivity index (χ0n) is 15.8. The number of hydrogen-bond acceptors (Lipinski definition) is 6. The van der Waals surface area contributed by atoms with Crippen molar-refractivity contribution in [2.24, 2.45) is 0 Å². The molecule has 5 rings (SSSR count). The molecular formula is C22H18N4O3. The first kappa shape index (κ1) is 17.2. The van der Waals surface area contributed by atoms with Crippen LogP contribution in [0.2, 0.25) is 0 Å². The summed E-state index contributed by atoms with van der Waals surface area (Å²) in [5.41, 5.74) is 5.18. The lowest BCUT2D eigenvalue weighted by molar-refractivity contribution is 0.102. The second kappa shape index (κ2) is 6.94. The largest absolute Gasteiger partial charge is 0.459 e. The number of amides is 1. The van der Waals surface area contributed by atoms with Crippen LogP contribution in [0.15, 0.2) is 69.7 Å². The van der Waals surface area contributed by atoms with Crippen LogP contribution < -0.4 is 10.2 Å². The van der Waals surface area contributed by atoms with Crippen LogP contribution in [0.25, 0.3) is 22.8 Å². The lowest BCUT2D eigenvalue weighted by Gasteiger charge is -2.12. The van der Waals surface area contributed by atoms with Crippen LogP contribution in [0.3, 0.4) is 0 Å². The van der Waals surface area contributed by atoms with Gasteiger partial charge < -0.3 is 13.7 Å². The van der Waals surface area contributed by atoms with Gasteiger partial charge in [0, 0.05) is 24.8 Å². The van der Waals surface area contributed by atoms with Gasteiger partial charge in [0.2, 0.25) is 0 Å². The first-order valence-electron chi connectivity index (χ1n) is 9.30. The van der Waals surface area contributed by atoms with E-state index in [0.717, 1.165) is 24.1 Å². The summed E-state index contributed by atoms with van der Waals surface area (Å²) >= 11 is 0. The van der Waals surface area contributed by atoms with Gasteiger partial charge in [-0.2, -0.15) is 0 Å². The fraction of sp³-hybridized carbons (Fsp3) is 0.136. The van der Waals surface area contributed by atoms with Crippen LogP contribution in [0.1, 0.15) is 15.9 Å². The number of nitrogens with one attached hydrogen (secondary N) is 1. The number of aromatic nitrogens is 2. The molecule has 1 amide bonds. The number of anilines is 2. The monoisotopic (exact) mass is 386 g/mol. The minimum Gasteiger partial charge on any atom is -0.459 e. The Hall–Kier alpha value is -3.87. The highest BCUT2D eigenvalue weighted by atomic mass is 16.4. The summed E-state index contributed by atoms with van der Waals surface area (Å²) in [6, 6.07) is 17.4. The lowest BCUT2D eigenvalue weighted by atomic mass is 10.00. The van der Waals surface area contributed by atoms with Crippen LogP contribution in [0.4, 0.5) is 11.7 Å². The number of hydrogen-bond donors (Lipinski definition) is 1. The molecule has 2 aromatic heterocycles. The van der Waals surface area contributed by atoms with Gasteiger partial charge >= 0.3 is 6.01 Å². The first-order chi connectivity index (χ1) is 14.2. The minimum absolute atomic E-state index is 0.0207. The maximum Gasteiger partial charge on any atom is 0.322 e. The molecule has 7 heteroatoms. The summed E-state index contributed by atoms with van der Waals surface area (Å²) in [5.74, 6) is 0.340. The van der Waals surface area contributed by atoms with Gasteiger partial charge in [-0.3, -0.25) is 10.1 Å². The van der Waals surface area contributed by atoms with E-state index in [0.29, 0.717) is 11.3 Å². The third-order valence-electron chi connectivity index (χ3n) is 5.04. The Morgan fingerprint density at radius 3 is 2.83 bits per heavy atom. The summed E-state index contributed by atoms with van der Waals surface area (Å²) < 4.78 is 10.7. The Bertz CT molecular complexity index is 1180. The van der Waals surface area contributed by atoms with E-state index in [1.165, 1.54) is 17.5 Å². The van der Waals surface area contributed by atoms with Crippen molar-refractivity contribution < 1.29 is 13.6 Å². The molecule has 0 saturated carbocycles. The lowest BCUT2D eigenvalue weighted by Crippen LogP contribution is -2.12. The third-order valence-corrected chi connectivity index (χ3v) is 5.04. The number of furan rings is 1. The number of carbonyl (C=O) groups excluding carboxylic acids is 1. The summed E-state index contributed by atoms with van der Waals surface area (Å²) in [7, 11) is 2.10. The molecule has 0 spiro atoms. The summed E-state index contributed by atoms with van der Waals surface area (Å²) in [4.78, 5) is 14.9. The van der Waals surface area contributed by atoms with Gasteiger partial charge in [-0.15, -0.1) is 5.10 Å². The van der Waals surface area contributed by atoms with Crippen molar-refractivity contribution in [1.82, 2.24) is 10.2 Å². The number of rotatable bonds is 4. The van der Waals surface area contributed by atoms with Gasteiger partial charge in [0.05, 0.1) is 6.26 Å². The summed E-state index contributed by atoms with van der Waals surface area (Å²) in [5, 5.41) is 10.4. The quantitative estimate of drug-likeness (QED) is 0.565. The molecule has 0 atom stereocenters. The molecule has 1 aliphatic heterocycles. The highest BCUT2D eigenvalue weighted by Gasteiger charge is 2.17. The Labute approximate surface area is 167 Å². The van der Waals surface area contributed by atoms with Gasteiger partial charge in [-0.05, 0) is 59.5 Å². The van der Waals surface area contributed by atoms with Crippen molar-refractivity contribution >= 4 is 17.6 Å².